The molecule has 0 aliphatic heterocycles. The topological polar surface area (TPSA) is 21.6 Å². The molecule has 0 amide bonds. The second-order valence-corrected chi connectivity index (χ2v) is 4.15. The fraction of sp³-hybridized carbons (Fsp3) is 0.188. The molecule has 0 N–H and O–H groups in total. The molecular formula is C16H17NO. The largest absolute Gasteiger partial charge is 0.496 e. The van der Waals surface area contributed by atoms with Crippen molar-refractivity contribution in [2.45, 2.75) is 13.5 Å². The van der Waals surface area contributed by atoms with E-state index < -0.39 is 0 Å². The number of benzene rings is 2. The molecule has 0 fully saturated rings. The summed E-state index contributed by atoms with van der Waals surface area (Å²) < 4.78 is 5.39. The SMILES string of the molecule is COc1c(C)cccc1C=NCc1ccccc1. The van der Waals surface area contributed by atoms with Crippen LogP contribution >= 0.6 is 0 Å². The molecule has 2 aromatic carbocycles. The number of methoxy groups -OCH3 is 1. The first-order valence-corrected chi connectivity index (χ1v) is 5.98. The van der Waals surface area contributed by atoms with Gasteiger partial charge in [-0.15, -0.1) is 0 Å². The van der Waals surface area contributed by atoms with Crippen LogP contribution in [0, 0.1) is 6.92 Å². The second kappa shape index (κ2) is 6.01. The maximum absolute atomic E-state index is 5.39. The van der Waals surface area contributed by atoms with Crippen LogP contribution in [0.25, 0.3) is 0 Å². The van der Waals surface area contributed by atoms with E-state index in [0.29, 0.717) is 6.54 Å². The number of hydrogen-bond donors (Lipinski definition) is 0. The molecule has 0 bridgehead atoms. The second-order valence-electron chi connectivity index (χ2n) is 4.15. The minimum Gasteiger partial charge on any atom is -0.496 e. The fourth-order valence-corrected chi connectivity index (χ4v) is 1.89. The number of hydrogen-bond acceptors (Lipinski definition) is 2. The molecule has 2 aromatic rings. The highest BCUT2D eigenvalue weighted by Gasteiger charge is 2.02. The standard InChI is InChI=1S/C16H17NO/c1-13-7-6-10-15(16(13)18-2)12-17-11-14-8-4-3-5-9-14/h3-10,12H,11H2,1-2H3. The van der Waals surface area contributed by atoms with E-state index in [9.17, 15) is 0 Å². The Morgan fingerprint density at radius 3 is 2.56 bits per heavy atom. The average Bonchev–Trinajstić information content (AvgIpc) is 2.40. The van der Waals surface area contributed by atoms with Crippen molar-refractivity contribution in [2.75, 3.05) is 7.11 Å². The van der Waals surface area contributed by atoms with Gasteiger partial charge in [-0.3, -0.25) is 4.99 Å². The Balaban J connectivity index is 2.12. The Labute approximate surface area is 108 Å². The molecule has 0 heterocycles. The number of aryl methyl sites for hydroxylation is 1. The third kappa shape index (κ3) is 2.98. The van der Waals surface area contributed by atoms with E-state index >= 15 is 0 Å². The van der Waals surface area contributed by atoms with Gasteiger partial charge in [0.05, 0.1) is 13.7 Å². The van der Waals surface area contributed by atoms with Crippen LogP contribution < -0.4 is 4.74 Å². The summed E-state index contributed by atoms with van der Waals surface area (Å²) in [5, 5.41) is 0. The Morgan fingerprint density at radius 1 is 1.06 bits per heavy atom. The van der Waals surface area contributed by atoms with Gasteiger partial charge in [-0.1, -0.05) is 42.5 Å². The van der Waals surface area contributed by atoms with Crippen molar-refractivity contribution in [3.8, 4) is 5.75 Å². The fourth-order valence-electron chi connectivity index (χ4n) is 1.89. The molecule has 2 nitrogen and oxygen atoms in total. The highest BCUT2D eigenvalue weighted by atomic mass is 16.5. The summed E-state index contributed by atoms with van der Waals surface area (Å²) in [7, 11) is 1.69. The molecule has 0 aliphatic rings. The average molecular weight is 239 g/mol. The predicted octanol–water partition coefficient (Wildman–Crippen LogP) is 3.62. The number of ether oxygens (including phenoxy) is 1. The molecule has 0 saturated carbocycles. The molecule has 0 aromatic heterocycles. The van der Waals surface area contributed by atoms with Crippen molar-refractivity contribution in [1.29, 1.82) is 0 Å². The van der Waals surface area contributed by atoms with Crippen LogP contribution in [0.1, 0.15) is 16.7 Å². The summed E-state index contributed by atoms with van der Waals surface area (Å²) in [5.74, 6) is 0.898. The van der Waals surface area contributed by atoms with Crippen LogP contribution in [0.4, 0.5) is 0 Å². The maximum atomic E-state index is 5.39. The van der Waals surface area contributed by atoms with Gasteiger partial charge in [0, 0.05) is 11.8 Å². The minimum absolute atomic E-state index is 0.692. The third-order valence-corrected chi connectivity index (χ3v) is 2.79. The molecule has 0 spiro atoms. The number of aliphatic imine (C=N–C) groups is 1. The quantitative estimate of drug-likeness (QED) is 0.747. The first-order valence-electron chi connectivity index (χ1n) is 5.98. The predicted molar refractivity (Wildman–Crippen MR) is 75.5 cm³/mol. The van der Waals surface area contributed by atoms with Crippen molar-refractivity contribution >= 4 is 6.21 Å². The molecule has 0 atom stereocenters. The van der Waals surface area contributed by atoms with Crippen LogP contribution in [-0.2, 0) is 6.54 Å². The van der Waals surface area contributed by atoms with Crippen LogP contribution in [-0.4, -0.2) is 13.3 Å². The molecule has 0 unspecified atom stereocenters. The molecule has 0 radical (unpaired) electrons. The van der Waals surface area contributed by atoms with Crippen molar-refractivity contribution in [1.82, 2.24) is 0 Å². The summed E-state index contributed by atoms with van der Waals surface area (Å²) in [6.45, 7) is 2.73. The zero-order valence-electron chi connectivity index (χ0n) is 10.8. The zero-order valence-corrected chi connectivity index (χ0v) is 10.8. The van der Waals surface area contributed by atoms with Gasteiger partial charge in [-0.05, 0) is 24.1 Å². The number of rotatable bonds is 4. The molecule has 92 valence electrons. The molecule has 0 saturated heterocycles. The summed E-state index contributed by atoms with van der Waals surface area (Å²) in [5.41, 5.74) is 3.36. The molecule has 2 rings (SSSR count). The molecule has 18 heavy (non-hydrogen) atoms. The van der Waals surface area contributed by atoms with E-state index in [1.165, 1.54) is 5.56 Å². The van der Waals surface area contributed by atoms with Crippen molar-refractivity contribution in [2.24, 2.45) is 4.99 Å². The van der Waals surface area contributed by atoms with Gasteiger partial charge in [0.1, 0.15) is 5.75 Å². The van der Waals surface area contributed by atoms with Gasteiger partial charge in [0.25, 0.3) is 0 Å². The Kier molecular flexibility index (Phi) is 4.13. The van der Waals surface area contributed by atoms with Crippen LogP contribution in [0.15, 0.2) is 53.5 Å². The van der Waals surface area contributed by atoms with Gasteiger partial charge in [0.2, 0.25) is 0 Å². The van der Waals surface area contributed by atoms with E-state index in [1.54, 1.807) is 7.11 Å². The van der Waals surface area contributed by atoms with E-state index in [-0.39, 0.29) is 0 Å². The van der Waals surface area contributed by atoms with Gasteiger partial charge in [-0.25, -0.2) is 0 Å². The van der Waals surface area contributed by atoms with Crippen molar-refractivity contribution < 1.29 is 4.74 Å². The van der Waals surface area contributed by atoms with Crippen LogP contribution in [0.3, 0.4) is 0 Å². The Bertz CT molecular complexity index is 532. The molecule has 0 aliphatic carbocycles. The lowest BCUT2D eigenvalue weighted by Crippen LogP contribution is -1.93. The lowest BCUT2D eigenvalue weighted by Gasteiger charge is -2.07. The lowest BCUT2D eigenvalue weighted by molar-refractivity contribution is 0.411. The number of nitrogens with zero attached hydrogens (tertiary/aromatic N) is 1. The zero-order chi connectivity index (χ0) is 12.8. The first kappa shape index (κ1) is 12.4. The summed E-state index contributed by atoms with van der Waals surface area (Å²) in [6, 6.07) is 16.3. The normalized spacial score (nSPS) is 10.8. The lowest BCUT2D eigenvalue weighted by atomic mass is 10.1. The minimum atomic E-state index is 0.692. The van der Waals surface area contributed by atoms with Gasteiger partial charge in [0.15, 0.2) is 0 Å². The van der Waals surface area contributed by atoms with Crippen LogP contribution in [0.5, 0.6) is 5.75 Å². The van der Waals surface area contributed by atoms with Crippen LogP contribution in [0.2, 0.25) is 0 Å². The maximum Gasteiger partial charge on any atom is 0.130 e. The van der Waals surface area contributed by atoms with E-state index in [2.05, 4.69) is 17.1 Å². The van der Waals surface area contributed by atoms with Gasteiger partial charge >= 0.3 is 0 Å². The van der Waals surface area contributed by atoms with E-state index in [0.717, 1.165) is 16.9 Å². The Morgan fingerprint density at radius 2 is 1.83 bits per heavy atom. The molecule has 2 heteroatoms. The van der Waals surface area contributed by atoms with E-state index in [1.807, 2.05) is 49.5 Å². The van der Waals surface area contributed by atoms with Gasteiger partial charge < -0.3 is 4.74 Å². The Hall–Kier alpha value is -2.09. The van der Waals surface area contributed by atoms with E-state index in [4.69, 9.17) is 4.74 Å². The smallest absolute Gasteiger partial charge is 0.130 e. The third-order valence-electron chi connectivity index (χ3n) is 2.79. The van der Waals surface area contributed by atoms with Crippen molar-refractivity contribution in [3.63, 3.8) is 0 Å². The number of para-hydroxylation sites is 1. The molecular weight excluding hydrogens is 222 g/mol. The summed E-state index contributed by atoms with van der Waals surface area (Å²) in [4.78, 5) is 4.46. The van der Waals surface area contributed by atoms with Gasteiger partial charge in [-0.2, -0.15) is 0 Å². The highest BCUT2D eigenvalue weighted by Crippen LogP contribution is 2.21. The first-order chi connectivity index (χ1) is 8.81. The van der Waals surface area contributed by atoms with Crippen molar-refractivity contribution in [3.05, 3.63) is 65.2 Å². The highest BCUT2D eigenvalue weighted by molar-refractivity contribution is 5.84. The summed E-state index contributed by atoms with van der Waals surface area (Å²) >= 11 is 0. The monoisotopic (exact) mass is 239 g/mol. The summed E-state index contributed by atoms with van der Waals surface area (Å²) in [6.07, 6.45) is 1.87.